The second-order valence-electron chi connectivity index (χ2n) is 5.01. The van der Waals surface area contributed by atoms with Gasteiger partial charge in [-0.1, -0.05) is 0 Å². The lowest BCUT2D eigenvalue weighted by molar-refractivity contribution is 0.307. The Labute approximate surface area is 130 Å². The predicted molar refractivity (Wildman–Crippen MR) is 85.0 cm³/mol. The molecule has 3 N–H and O–H groups in total. The summed E-state index contributed by atoms with van der Waals surface area (Å²) in [5, 5.41) is 9.75. The van der Waals surface area contributed by atoms with Crippen molar-refractivity contribution in [2.45, 2.75) is 18.5 Å². The summed E-state index contributed by atoms with van der Waals surface area (Å²) in [4.78, 5) is 2.28. The summed E-state index contributed by atoms with van der Waals surface area (Å²) in [7, 11) is -1.77. The molecule has 120 valence electrons. The zero-order valence-electron chi connectivity index (χ0n) is 12.5. The quantitative estimate of drug-likeness (QED) is 0.638. The van der Waals surface area contributed by atoms with Crippen molar-refractivity contribution in [3.05, 3.63) is 11.3 Å². The van der Waals surface area contributed by atoms with E-state index in [1.165, 1.54) is 0 Å². The SMILES string of the molecule is CNCc1c(S(=O)(=O)NCCN2CCSCC2)n[nH]c1C. The molecule has 0 spiro atoms. The Morgan fingerprint density at radius 2 is 2.10 bits per heavy atom. The lowest BCUT2D eigenvalue weighted by Gasteiger charge is -2.25. The number of hydrogen-bond acceptors (Lipinski definition) is 6. The van der Waals surface area contributed by atoms with Crippen molar-refractivity contribution in [1.82, 2.24) is 25.1 Å². The molecule has 0 aliphatic carbocycles. The van der Waals surface area contributed by atoms with Crippen molar-refractivity contribution in [3.63, 3.8) is 0 Å². The van der Waals surface area contributed by atoms with Gasteiger partial charge in [0, 0.05) is 55.5 Å². The molecule has 0 bridgehead atoms. The monoisotopic (exact) mass is 333 g/mol. The fourth-order valence-corrected chi connectivity index (χ4v) is 4.46. The van der Waals surface area contributed by atoms with E-state index in [4.69, 9.17) is 0 Å². The number of H-pyrrole nitrogens is 1. The van der Waals surface area contributed by atoms with Crippen LogP contribution in [0.1, 0.15) is 11.3 Å². The van der Waals surface area contributed by atoms with Gasteiger partial charge >= 0.3 is 0 Å². The largest absolute Gasteiger partial charge is 0.316 e. The van der Waals surface area contributed by atoms with Crippen molar-refractivity contribution in [2.75, 3.05) is 44.7 Å². The molecule has 0 saturated carbocycles. The van der Waals surface area contributed by atoms with E-state index >= 15 is 0 Å². The Bertz CT molecular complexity index is 552. The first-order chi connectivity index (χ1) is 10.0. The number of rotatable bonds is 7. The first kappa shape index (κ1) is 16.8. The zero-order chi connectivity index (χ0) is 15.3. The molecule has 0 aromatic carbocycles. The summed E-state index contributed by atoms with van der Waals surface area (Å²) in [5.41, 5.74) is 1.47. The van der Waals surface area contributed by atoms with Crippen LogP contribution >= 0.6 is 11.8 Å². The summed E-state index contributed by atoms with van der Waals surface area (Å²) in [6.45, 7) is 5.51. The minimum Gasteiger partial charge on any atom is -0.316 e. The molecule has 2 rings (SSSR count). The topological polar surface area (TPSA) is 90.1 Å². The molecule has 1 fully saturated rings. The summed E-state index contributed by atoms with van der Waals surface area (Å²) in [5.74, 6) is 2.25. The molecule has 1 aliphatic heterocycles. The Kier molecular flexibility index (Phi) is 6.06. The van der Waals surface area contributed by atoms with Crippen LogP contribution in [0.3, 0.4) is 0 Å². The molecule has 1 aliphatic rings. The van der Waals surface area contributed by atoms with E-state index in [9.17, 15) is 8.42 Å². The number of hydrogen-bond donors (Lipinski definition) is 3. The highest BCUT2D eigenvalue weighted by Crippen LogP contribution is 2.15. The summed E-state index contributed by atoms with van der Waals surface area (Å²) in [6, 6.07) is 0. The van der Waals surface area contributed by atoms with Crippen molar-refractivity contribution in [1.29, 1.82) is 0 Å². The number of nitrogens with zero attached hydrogens (tertiary/aromatic N) is 2. The number of nitrogens with one attached hydrogen (secondary N) is 3. The highest BCUT2D eigenvalue weighted by molar-refractivity contribution is 7.99. The van der Waals surface area contributed by atoms with Gasteiger partial charge in [-0.15, -0.1) is 0 Å². The minimum atomic E-state index is -3.56. The number of aromatic amines is 1. The molecule has 21 heavy (non-hydrogen) atoms. The summed E-state index contributed by atoms with van der Waals surface area (Å²) in [6.07, 6.45) is 0. The van der Waals surface area contributed by atoms with Crippen molar-refractivity contribution < 1.29 is 8.42 Å². The molecule has 0 radical (unpaired) electrons. The first-order valence-corrected chi connectivity index (χ1v) is 9.66. The molecule has 1 aromatic rings. The van der Waals surface area contributed by atoms with Gasteiger partial charge in [0.15, 0.2) is 5.03 Å². The third-order valence-electron chi connectivity index (χ3n) is 3.47. The van der Waals surface area contributed by atoms with Gasteiger partial charge in [-0.2, -0.15) is 16.9 Å². The number of sulfonamides is 1. The second-order valence-corrected chi connectivity index (χ2v) is 7.92. The molecule has 1 aromatic heterocycles. The lowest BCUT2D eigenvalue weighted by Crippen LogP contribution is -2.39. The van der Waals surface area contributed by atoms with Gasteiger partial charge in [0.25, 0.3) is 10.0 Å². The predicted octanol–water partition coefficient (Wildman–Crippen LogP) is -0.235. The molecule has 0 unspecified atom stereocenters. The summed E-state index contributed by atoms with van der Waals surface area (Å²) < 4.78 is 27.3. The van der Waals surface area contributed by atoms with Crippen LogP contribution in [-0.2, 0) is 16.6 Å². The molecule has 9 heteroatoms. The van der Waals surface area contributed by atoms with Crippen molar-refractivity contribution >= 4 is 21.8 Å². The molecule has 2 heterocycles. The van der Waals surface area contributed by atoms with Crippen LogP contribution in [0.4, 0.5) is 0 Å². The van der Waals surface area contributed by atoms with Crippen molar-refractivity contribution in [2.24, 2.45) is 0 Å². The standard InChI is InChI=1S/C12H23N5O2S2/c1-10-11(9-13-2)12(16-15-10)21(18,19)14-3-4-17-5-7-20-8-6-17/h13-14H,3-9H2,1-2H3,(H,15,16). The average Bonchev–Trinajstić information content (AvgIpc) is 2.83. The molecular formula is C12H23N5O2S2. The van der Waals surface area contributed by atoms with E-state index in [-0.39, 0.29) is 5.03 Å². The van der Waals surface area contributed by atoms with Crippen LogP contribution in [0.2, 0.25) is 0 Å². The second kappa shape index (κ2) is 7.59. The molecular weight excluding hydrogens is 310 g/mol. The fourth-order valence-electron chi connectivity index (χ4n) is 2.27. The Hall–Kier alpha value is -0.610. The fraction of sp³-hybridized carbons (Fsp3) is 0.750. The van der Waals surface area contributed by atoms with Gasteiger partial charge < -0.3 is 10.2 Å². The summed E-state index contributed by atoms with van der Waals surface area (Å²) >= 11 is 1.94. The van der Waals surface area contributed by atoms with E-state index in [0.717, 1.165) is 36.8 Å². The minimum absolute atomic E-state index is 0.101. The van der Waals surface area contributed by atoms with Gasteiger partial charge in [0.05, 0.1) is 0 Å². The third kappa shape index (κ3) is 4.43. The Morgan fingerprint density at radius 3 is 2.76 bits per heavy atom. The maximum Gasteiger partial charge on any atom is 0.260 e. The highest BCUT2D eigenvalue weighted by atomic mass is 32.2. The normalized spacial score (nSPS) is 17.2. The maximum absolute atomic E-state index is 12.3. The Morgan fingerprint density at radius 1 is 1.38 bits per heavy atom. The van der Waals surface area contributed by atoms with Crippen molar-refractivity contribution in [3.8, 4) is 0 Å². The average molecular weight is 333 g/mol. The van der Waals surface area contributed by atoms with Gasteiger partial charge in [-0.3, -0.25) is 5.10 Å². The number of thioether (sulfide) groups is 1. The van der Waals surface area contributed by atoms with Crippen LogP contribution in [0.25, 0.3) is 0 Å². The zero-order valence-corrected chi connectivity index (χ0v) is 14.1. The maximum atomic E-state index is 12.3. The van der Waals surface area contributed by atoms with Crippen LogP contribution in [0.15, 0.2) is 5.03 Å². The van der Waals surface area contributed by atoms with E-state index in [0.29, 0.717) is 18.7 Å². The smallest absolute Gasteiger partial charge is 0.260 e. The third-order valence-corrected chi connectivity index (χ3v) is 5.84. The van der Waals surface area contributed by atoms with Crippen LogP contribution in [0, 0.1) is 6.92 Å². The van der Waals surface area contributed by atoms with Crippen LogP contribution in [-0.4, -0.2) is 68.2 Å². The number of aryl methyl sites for hydroxylation is 1. The molecule has 0 atom stereocenters. The highest BCUT2D eigenvalue weighted by Gasteiger charge is 2.23. The van der Waals surface area contributed by atoms with Crippen LogP contribution < -0.4 is 10.0 Å². The van der Waals surface area contributed by atoms with E-state index in [2.05, 4.69) is 25.1 Å². The molecule has 7 nitrogen and oxygen atoms in total. The van der Waals surface area contributed by atoms with Crippen LogP contribution in [0.5, 0.6) is 0 Å². The number of aromatic nitrogens is 2. The van der Waals surface area contributed by atoms with E-state index in [1.54, 1.807) is 7.05 Å². The molecule has 1 saturated heterocycles. The van der Waals surface area contributed by atoms with Gasteiger partial charge in [-0.25, -0.2) is 13.1 Å². The first-order valence-electron chi connectivity index (χ1n) is 7.03. The lowest BCUT2D eigenvalue weighted by atomic mass is 10.3. The van der Waals surface area contributed by atoms with Gasteiger partial charge in [0.2, 0.25) is 0 Å². The molecule has 0 amide bonds. The van der Waals surface area contributed by atoms with E-state index in [1.807, 2.05) is 18.7 Å². The van der Waals surface area contributed by atoms with E-state index < -0.39 is 10.0 Å². The van der Waals surface area contributed by atoms with Gasteiger partial charge in [-0.05, 0) is 14.0 Å². The Balaban J connectivity index is 1.95. The van der Waals surface area contributed by atoms with Gasteiger partial charge in [0.1, 0.15) is 0 Å².